The first-order valence-corrected chi connectivity index (χ1v) is 6.63. The van der Waals surface area contributed by atoms with Crippen LogP contribution in [0.5, 0.6) is 11.5 Å². The van der Waals surface area contributed by atoms with Crippen molar-refractivity contribution in [3.05, 3.63) is 59.7 Å². The predicted octanol–water partition coefficient (Wildman–Crippen LogP) is 2.69. The van der Waals surface area contributed by atoms with Gasteiger partial charge in [0.25, 0.3) is 0 Å². The Balaban J connectivity index is 1.76. The summed E-state index contributed by atoms with van der Waals surface area (Å²) >= 11 is 0. The number of nitrogens with zero attached hydrogens (tertiary/aromatic N) is 1. The lowest BCUT2D eigenvalue weighted by atomic mass is 10.2. The van der Waals surface area contributed by atoms with Gasteiger partial charge in [0.15, 0.2) is 6.61 Å². The summed E-state index contributed by atoms with van der Waals surface area (Å²) in [5.41, 5.74) is 1.38. The monoisotopic (exact) mass is 297 g/mol. The maximum Gasteiger partial charge on any atom is 0.344 e. The lowest BCUT2D eigenvalue weighted by molar-refractivity contribution is -0.147. The zero-order chi connectivity index (χ0) is 15.8. The van der Waals surface area contributed by atoms with E-state index < -0.39 is 5.97 Å². The molecular formula is C17H15NO4. The van der Waals surface area contributed by atoms with Crippen molar-refractivity contribution in [1.29, 1.82) is 5.26 Å². The van der Waals surface area contributed by atoms with Gasteiger partial charge < -0.3 is 14.2 Å². The molecule has 22 heavy (non-hydrogen) atoms. The molecule has 0 N–H and O–H groups in total. The maximum atomic E-state index is 11.6. The van der Waals surface area contributed by atoms with Crippen LogP contribution in [0.3, 0.4) is 0 Å². The molecule has 0 aliphatic rings. The minimum atomic E-state index is -0.458. The molecule has 5 nitrogen and oxygen atoms in total. The van der Waals surface area contributed by atoms with Gasteiger partial charge in [-0.15, -0.1) is 0 Å². The Labute approximate surface area is 128 Å². The Kier molecular flexibility index (Phi) is 5.38. The fourth-order valence-corrected chi connectivity index (χ4v) is 1.70. The molecule has 2 aromatic carbocycles. The number of rotatable bonds is 6. The number of hydrogen-bond donors (Lipinski definition) is 0. The van der Waals surface area contributed by atoms with Crippen molar-refractivity contribution in [2.45, 2.75) is 6.61 Å². The molecule has 0 aromatic heterocycles. The minimum Gasteiger partial charge on any atom is -0.497 e. The standard InChI is InChI=1S/C17H15NO4/c1-20-15-6-8-16(9-7-15)21-12-17(19)22-11-14-4-2-13(10-18)3-5-14/h2-9H,11-12H2,1H3. The summed E-state index contributed by atoms with van der Waals surface area (Å²) in [7, 11) is 1.58. The van der Waals surface area contributed by atoms with Gasteiger partial charge in [0.2, 0.25) is 0 Å². The zero-order valence-corrected chi connectivity index (χ0v) is 12.1. The molecule has 5 heteroatoms. The van der Waals surface area contributed by atoms with Crippen molar-refractivity contribution in [3.8, 4) is 17.6 Å². The Hall–Kier alpha value is -3.00. The summed E-state index contributed by atoms with van der Waals surface area (Å²) in [6.45, 7) is -0.0148. The Morgan fingerprint density at radius 1 is 1.05 bits per heavy atom. The van der Waals surface area contributed by atoms with E-state index in [9.17, 15) is 4.79 Å². The highest BCUT2D eigenvalue weighted by Crippen LogP contribution is 2.16. The number of esters is 1. The first-order chi connectivity index (χ1) is 10.7. The SMILES string of the molecule is COc1ccc(OCC(=O)OCc2ccc(C#N)cc2)cc1. The molecule has 0 aliphatic carbocycles. The number of carbonyl (C=O) groups is 1. The molecule has 112 valence electrons. The van der Waals surface area contributed by atoms with E-state index in [2.05, 4.69) is 0 Å². The van der Waals surface area contributed by atoms with Crippen LogP contribution in [-0.4, -0.2) is 19.7 Å². The van der Waals surface area contributed by atoms with E-state index in [0.29, 0.717) is 11.3 Å². The highest BCUT2D eigenvalue weighted by Gasteiger charge is 2.05. The Morgan fingerprint density at radius 2 is 1.68 bits per heavy atom. The lowest BCUT2D eigenvalue weighted by Crippen LogP contribution is -2.14. The van der Waals surface area contributed by atoms with Gasteiger partial charge in [-0.3, -0.25) is 0 Å². The second-order valence-corrected chi connectivity index (χ2v) is 4.43. The highest BCUT2D eigenvalue weighted by molar-refractivity contribution is 5.71. The van der Waals surface area contributed by atoms with Crippen molar-refractivity contribution in [2.24, 2.45) is 0 Å². The third-order valence-corrected chi connectivity index (χ3v) is 2.90. The molecule has 0 fully saturated rings. The fourth-order valence-electron chi connectivity index (χ4n) is 1.70. The van der Waals surface area contributed by atoms with Crippen molar-refractivity contribution in [2.75, 3.05) is 13.7 Å². The van der Waals surface area contributed by atoms with Crippen LogP contribution in [0.4, 0.5) is 0 Å². The van der Waals surface area contributed by atoms with Gasteiger partial charge >= 0.3 is 5.97 Å². The Bertz CT molecular complexity index is 657. The maximum absolute atomic E-state index is 11.6. The third-order valence-electron chi connectivity index (χ3n) is 2.90. The molecule has 0 saturated carbocycles. The largest absolute Gasteiger partial charge is 0.497 e. The van der Waals surface area contributed by atoms with Crippen LogP contribution in [0.15, 0.2) is 48.5 Å². The average Bonchev–Trinajstić information content (AvgIpc) is 2.59. The van der Waals surface area contributed by atoms with Crippen LogP contribution in [0.25, 0.3) is 0 Å². The second kappa shape index (κ2) is 7.70. The molecule has 0 heterocycles. The summed E-state index contributed by atoms with van der Waals surface area (Å²) in [5.74, 6) is 0.826. The quantitative estimate of drug-likeness (QED) is 0.767. The first kappa shape index (κ1) is 15.4. The minimum absolute atomic E-state index is 0.149. The highest BCUT2D eigenvalue weighted by atomic mass is 16.6. The predicted molar refractivity (Wildman–Crippen MR) is 79.4 cm³/mol. The fraction of sp³-hybridized carbons (Fsp3) is 0.176. The van der Waals surface area contributed by atoms with Gasteiger partial charge in [-0.25, -0.2) is 4.79 Å². The summed E-state index contributed by atoms with van der Waals surface area (Å²) in [4.78, 5) is 11.6. The second-order valence-electron chi connectivity index (χ2n) is 4.43. The molecule has 0 unspecified atom stereocenters. The molecule has 0 amide bonds. The van der Waals surface area contributed by atoms with Crippen LogP contribution < -0.4 is 9.47 Å². The van der Waals surface area contributed by atoms with Crippen molar-refractivity contribution >= 4 is 5.97 Å². The van der Waals surface area contributed by atoms with E-state index in [4.69, 9.17) is 19.5 Å². The number of hydrogen-bond acceptors (Lipinski definition) is 5. The molecule has 0 atom stereocenters. The molecule has 2 aromatic rings. The number of nitriles is 1. The molecule has 0 radical (unpaired) electrons. The van der Waals surface area contributed by atoms with E-state index in [1.807, 2.05) is 6.07 Å². The zero-order valence-electron chi connectivity index (χ0n) is 12.1. The van der Waals surface area contributed by atoms with Gasteiger partial charge in [0.1, 0.15) is 18.1 Å². The molecular weight excluding hydrogens is 282 g/mol. The normalized spacial score (nSPS) is 9.64. The molecule has 0 saturated heterocycles. The lowest BCUT2D eigenvalue weighted by Gasteiger charge is -2.08. The summed E-state index contributed by atoms with van der Waals surface area (Å²) in [5, 5.41) is 8.70. The van der Waals surface area contributed by atoms with Crippen LogP contribution in [0.1, 0.15) is 11.1 Å². The molecule has 0 spiro atoms. The van der Waals surface area contributed by atoms with E-state index >= 15 is 0 Å². The number of carbonyl (C=O) groups excluding carboxylic acids is 1. The van der Waals surface area contributed by atoms with Gasteiger partial charge in [0.05, 0.1) is 18.7 Å². The Morgan fingerprint density at radius 3 is 2.27 bits per heavy atom. The third kappa shape index (κ3) is 4.53. The van der Waals surface area contributed by atoms with Crippen LogP contribution in [0, 0.1) is 11.3 Å². The van der Waals surface area contributed by atoms with Crippen LogP contribution in [0.2, 0.25) is 0 Å². The summed E-state index contributed by atoms with van der Waals surface area (Å²) < 4.78 is 15.4. The van der Waals surface area contributed by atoms with Crippen LogP contribution in [-0.2, 0) is 16.1 Å². The topological polar surface area (TPSA) is 68.6 Å². The van der Waals surface area contributed by atoms with E-state index in [0.717, 1.165) is 11.3 Å². The van der Waals surface area contributed by atoms with E-state index in [1.54, 1.807) is 55.6 Å². The van der Waals surface area contributed by atoms with E-state index in [-0.39, 0.29) is 13.2 Å². The van der Waals surface area contributed by atoms with Gasteiger partial charge in [-0.1, -0.05) is 12.1 Å². The van der Waals surface area contributed by atoms with Crippen LogP contribution >= 0.6 is 0 Å². The van der Waals surface area contributed by atoms with Crippen molar-refractivity contribution in [3.63, 3.8) is 0 Å². The van der Waals surface area contributed by atoms with Crippen molar-refractivity contribution in [1.82, 2.24) is 0 Å². The smallest absolute Gasteiger partial charge is 0.344 e. The summed E-state index contributed by atoms with van der Waals surface area (Å²) in [6, 6.07) is 15.8. The van der Waals surface area contributed by atoms with Crippen molar-refractivity contribution < 1.29 is 19.0 Å². The number of benzene rings is 2. The van der Waals surface area contributed by atoms with Gasteiger partial charge in [-0.2, -0.15) is 5.26 Å². The number of methoxy groups -OCH3 is 1. The number of ether oxygens (including phenoxy) is 3. The average molecular weight is 297 g/mol. The summed E-state index contributed by atoms with van der Waals surface area (Å²) in [6.07, 6.45) is 0. The van der Waals surface area contributed by atoms with Gasteiger partial charge in [0, 0.05) is 0 Å². The first-order valence-electron chi connectivity index (χ1n) is 6.63. The molecule has 2 rings (SSSR count). The molecule has 0 aliphatic heterocycles. The molecule has 0 bridgehead atoms. The van der Waals surface area contributed by atoms with Gasteiger partial charge in [-0.05, 0) is 42.0 Å². The van der Waals surface area contributed by atoms with E-state index in [1.165, 1.54) is 0 Å².